The minimum Gasteiger partial charge on any atom is -0.295 e. The second kappa shape index (κ2) is 6.95. The molecule has 0 unspecified atom stereocenters. The van der Waals surface area contributed by atoms with Crippen molar-refractivity contribution in [1.82, 2.24) is 19.1 Å². The van der Waals surface area contributed by atoms with Crippen molar-refractivity contribution < 1.29 is 0 Å². The summed E-state index contributed by atoms with van der Waals surface area (Å²) in [6, 6.07) is 18.7. The molecule has 5 nitrogen and oxygen atoms in total. The number of hydrogen-bond acceptors (Lipinski definition) is 3. The van der Waals surface area contributed by atoms with Gasteiger partial charge in [0.25, 0.3) is 0 Å². The van der Waals surface area contributed by atoms with Crippen LogP contribution in [0.1, 0.15) is 12.6 Å². The van der Waals surface area contributed by atoms with Gasteiger partial charge in [0, 0.05) is 43.1 Å². The molecule has 0 N–H and O–H groups in total. The van der Waals surface area contributed by atoms with Gasteiger partial charge in [0.05, 0.1) is 16.7 Å². The summed E-state index contributed by atoms with van der Waals surface area (Å²) in [7, 11) is 3.61. The second-order valence-corrected chi connectivity index (χ2v) is 7.59. The van der Waals surface area contributed by atoms with Gasteiger partial charge >= 0.3 is 5.69 Å². The van der Waals surface area contributed by atoms with Crippen molar-refractivity contribution in [3.63, 3.8) is 0 Å². The number of aromatic nitrogens is 4. The lowest BCUT2D eigenvalue weighted by Gasteiger charge is -2.09. The van der Waals surface area contributed by atoms with Crippen LogP contribution in [0, 0.1) is 0 Å². The van der Waals surface area contributed by atoms with Crippen LogP contribution in [0.25, 0.3) is 44.2 Å². The summed E-state index contributed by atoms with van der Waals surface area (Å²) in [5, 5.41) is 2.21. The minimum absolute atomic E-state index is 0.0194. The molecule has 148 valence electrons. The fourth-order valence-electron chi connectivity index (χ4n) is 4.04. The standard InChI is InChI=1S/C25H22N4O/c1-4-19-10-8-18(14-26-19)22-12-16-6-5-7-20(21(16)15-27-22)17-9-11-23-24(13-17)29(3)25(30)28(23)2/h5-15H,4H2,1-3H3. The molecule has 5 rings (SSSR count). The van der Waals surface area contributed by atoms with Crippen molar-refractivity contribution in [2.75, 3.05) is 0 Å². The molecule has 0 saturated carbocycles. The van der Waals surface area contributed by atoms with Crippen molar-refractivity contribution in [2.45, 2.75) is 13.3 Å². The summed E-state index contributed by atoms with van der Waals surface area (Å²) in [5.41, 5.74) is 7.00. The van der Waals surface area contributed by atoms with Gasteiger partial charge in [-0.05, 0) is 53.3 Å². The van der Waals surface area contributed by atoms with E-state index in [0.29, 0.717) is 0 Å². The molecule has 0 bridgehead atoms. The SMILES string of the molecule is CCc1ccc(-c2cc3cccc(-c4ccc5c(c4)n(C)c(=O)n5C)c3cn2)cn1. The molecule has 0 aliphatic heterocycles. The molecule has 0 aliphatic rings. The molecule has 30 heavy (non-hydrogen) atoms. The van der Waals surface area contributed by atoms with Gasteiger partial charge in [-0.25, -0.2) is 4.79 Å². The normalized spacial score (nSPS) is 11.4. The van der Waals surface area contributed by atoms with Crippen molar-refractivity contribution in [3.8, 4) is 22.4 Å². The first-order valence-corrected chi connectivity index (χ1v) is 10.1. The van der Waals surface area contributed by atoms with Crippen LogP contribution < -0.4 is 5.69 Å². The highest BCUT2D eigenvalue weighted by Gasteiger charge is 2.11. The largest absolute Gasteiger partial charge is 0.328 e. The Labute approximate surface area is 174 Å². The van der Waals surface area contributed by atoms with Gasteiger partial charge in [0.1, 0.15) is 0 Å². The number of rotatable bonds is 3. The third-order valence-electron chi connectivity index (χ3n) is 5.83. The fourth-order valence-corrected chi connectivity index (χ4v) is 4.04. The van der Waals surface area contributed by atoms with Gasteiger partial charge in [-0.3, -0.25) is 19.1 Å². The minimum atomic E-state index is -0.0194. The molecule has 0 atom stereocenters. The Kier molecular flexibility index (Phi) is 4.24. The van der Waals surface area contributed by atoms with Crippen LogP contribution >= 0.6 is 0 Å². The monoisotopic (exact) mass is 394 g/mol. The summed E-state index contributed by atoms with van der Waals surface area (Å²) in [4.78, 5) is 21.5. The van der Waals surface area contributed by atoms with Gasteiger partial charge in [0.15, 0.2) is 0 Å². The first-order chi connectivity index (χ1) is 14.6. The highest BCUT2D eigenvalue weighted by atomic mass is 16.1. The van der Waals surface area contributed by atoms with Gasteiger partial charge in [-0.15, -0.1) is 0 Å². The van der Waals surface area contributed by atoms with E-state index in [4.69, 9.17) is 4.98 Å². The Morgan fingerprint density at radius 3 is 2.40 bits per heavy atom. The Morgan fingerprint density at radius 1 is 0.833 bits per heavy atom. The van der Waals surface area contributed by atoms with Gasteiger partial charge in [-0.2, -0.15) is 0 Å². The smallest absolute Gasteiger partial charge is 0.295 e. The molecule has 0 amide bonds. The second-order valence-electron chi connectivity index (χ2n) is 7.59. The summed E-state index contributed by atoms with van der Waals surface area (Å²) in [5.74, 6) is 0. The van der Waals surface area contributed by atoms with E-state index in [-0.39, 0.29) is 5.69 Å². The van der Waals surface area contributed by atoms with Crippen molar-refractivity contribution in [2.24, 2.45) is 14.1 Å². The molecular formula is C25H22N4O. The maximum absolute atomic E-state index is 12.3. The Hall–Kier alpha value is -3.73. The van der Waals surface area contributed by atoms with Crippen LogP contribution in [0.15, 0.2) is 71.8 Å². The van der Waals surface area contributed by atoms with E-state index in [0.717, 1.165) is 56.3 Å². The van der Waals surface area contributed by atoms with E-state index < -0.39 is 0 Å². The molecule has 0 fully saturated rings. The Morgan fingerprint density at radius 2 is 1.63 bits per heavy atom. The third-order valence-corrected chi connectivity index (χ3v) is 5.83. The van der Waals surface area contributed by atoms with Gasteiger partial charge in [-0.1, -0.05) is 31.2 Å². The quantitative estimate of drug-likeness (QED) is 0.445. The number of fused-ring (bicyclic) bond motifs is 2. The lowest BCUT2D eigenvalue weighted by Crippen LogP contribution is -2.19. The number of nitrogens with zero attached hydrogens (tertiary/aromatic N) is 4. The zero-order valence-electron chi connectivity index (χ0n) is 17.3. The zero-order chi connectivity index (χ0) is 20.8. The third kappa shape index (κ3) is 2.82. The van der Waals surface area contributed by atoms with Crippen molar-refractivity contribution >= 4 is 21.8 Å². The fraction of sp³-hybridized carbons (Fsp3) is 0.160. The number of benzene rings is 2. The molecule has 2 aromatic carbocycles. The molecule has 5 heteroatoms. The summed E-state index contributed by atoms with van der Waals surface area (Å²) < 4.78 is 3.36. The summed E-state index contributed by atoms with van der Waals surface area (Å²) in [6.07, 6.45) is 4.74. The topological polar surface area (TPSA) is 52.7 Å². The molecule has 3 aromatic heterocycles. The Balaban J connectivity index is 1.64. The summed E-state index contributed by atoms with van der Waals surface area (Å²) >= 11 is 0. The average Bonchev–Trinajstić information content (AvgIpc) is 3.02. The van der Waals surface area contributed by atoms with Crippen LogP contribution in [-0.2, 0) is 20.5 Å². The average molecular weight is 394 g/mol. The number of hydrogen-bond donors (Lipinski definition) is 0. The first kappa shape index (κ1) is 18.3. The molecule has 0 aliphatic carbocycles. The van der Waals surface area contributed by atoms with Gasteiger partial charge in [0.2, 0.25) is 0 Å². The van der Waals surface area contributed by atoms with Gasteiger partial charge < -0.3 is 0 Å². The zero-order valence-corrected chi connectivity index (χ0v) is 17.3. The molecule has 3 heterocycles. The molecule has 0 radical (unpaired) electrons. The summed E-state index contributed by atoms with van der Waals surface area (Å²) in [6.45, 7) is 2.10. The van der Waals surface area contributed by atoms with Crippen LogP contribution in [-0.4, -0.2) is 19.1 Å². The molecule has 0 saturated heterocycles. The van der Waals surface area contributed by atoms with Crippen LogP contribution in [0.2, 0.25) is 0 Å². The van der Waals surface area contributed by atoms with Crippen LogP contribution in [0.5, 0.6) is 0 Å². The van der Waals surface area contributed by atoms with Crippen LogP contribution in [0.3, 0.4) is 0 Å². The van der Waals surface area contributed by atoms with Crippen LogP contribution in [0.4, 0.5) is 0 Å². The van der Waals surface area contributed by atoms with Crippen molar-refractivity contribution in [1.29, 1.82) is 0 Å². The maximum Gasteiger partial charge on any atom is 0.328 e. The van der Waals surface area contributed by atoms with Crippen molar-refractivity contribution in [3.05, 3.63) is 83.2 Å². The lowest BCUT2D eigenvalue weighted by atomic mass is 9.98. The highest BCUT2D eigenvalue weighted by Crippen LogP contribution is 2.32. The van der Waals surface area contributed by atoms with E-state index >= 15 is 0 Å². The molecule has 5 aromatic rings. The predicted molar refractivity (Wildman–Crippen MR) is 122 cm³/mol. The number of aryl methyl sites for hydroxylation is 3. The number of imidazole rings is 1. The van der Waals surface area contributed by atoms with E-state index in [2.05, 4.69) is 60.4 Å². The highest BCUT2D eigenvalue weighted by molar-refractivity contribution is 5.99. The lowest BCUT2D eigenvalue weighted by molar-refractivity contribution is 0.795. The van der Waals surface area contributed by atoms with E-state index in [9.17, 15) is 4.79 Å². The number of pyridine rings is 2. The first-order valence-electron chi connectivity index (χ1n) is 10.1. The van der Waals surface area contributed by atoms with E-state index in [1.165, 1.54) is 0 Å². The van der Waals surface area contributed by atoms with E-state index in [1.54, 1.807) is 16.2 Å². The molecule has 0 spiro atoms. The predicted octanol–water partition coefficient (Wildman–Crippen LogP) is 4.72. The van der Waals surface area contributed by atoms with E-state index in [1.807, 2.05) is 25.5 Å². The Bertz CT molecular complexity index is 1460. The molecular weight excluding hydrogens is 372 g/mol. The maximum atomic E-state index is 12.3.